The lowest BCUT2D eigenvalue weighted by Crippen LogP contribution is -2.62. The van der Waals surface area contributed by atoms with E-state index in [2.05, 4.69) is 5.10 Å². The second kappa shape index (κ2) is 6.52. The zero-order chi connectivity index (χ0) is 17.3. The zero-order valence-corrected chi connectivity index (χ0v) is 14.2. The molecule has 1 amide bonds. The lowest BCUT2D eigenvalue weighted by atomic mass is 9.95. The number of ether oxygens (including phenoxy) is 1. The molecule has 0 bridgehead atoms. The van der Waals surface area contributed by atoms with Crippen molar-refractivity contribution in [1.29, 1.82) is 0 Å². The molecule has 24 heavy (non-hydrogen) atoms. The highest BCUT2D eigenvalue weighted by molar-refractivity contribution is 5.80. The summed E-state index contributed by atoms with van der Waals surface area (Å²) in [5.41, 5.74) is 0.937. The van der Waals surface area contributed by atoms with Crippen LogP contribution in [0.15, 0.2) is 6.07 Å². The van der Waals surface area contributed by atoms with Gasteiger partial charge in [-0.05, 0) is 19.9 Å². The first kappa shape index (κ1) is 16.9. The third-order valence-electron chi connectivity index (χ3n) is 5.03. The minimum Gasteiger partial charge on any atom is -0.480 e. The van der Waals surface area contributed by atoms with E-state index < -0.39 is 11.5 Å². The van der Waals surface area contributed by atoms with E-state index in [9.17, 15) is 14.7 Å². The summed E-state index contributed by atoms with van der Waals surface area (Å²) in [6.45, 7) is 6.94. The summed E-state index contributed by atoms with van der Waals surface area (Å²) in [4.78, 5) is 27.9. The smallest absolute Gasteiger partial charge is 0.326 e. The first-order valence-corrected chi connectivity index (χ1v) is 8.27. The number of hydrogen-bond donors (Lipinski definition) is 1. The van der Waals surface area contributed by atoms with Gasteiger partial charge in [0.2, 0.25) is 5.91 Å². The van der Waals surface area contributed by atoms with Crippen molar-refractivity contribution < 1.29 is 19.4 Å². The summed E-state index contributed by atoms with van der Waals surface area (Å²) in [5, 5.41) is 13.9. The predicted molar refractivity (Wildman–Crippen MR) is 85.7 cm³/mol. The van der Waals surface area contributed by atoms with E-state index in [0.29, 0.717) is 39.2 Å². The van der Waals surface area contributed by atoms with Gasteiger partial charge in [0, 0.05) is 44.9 Å². The Hall–Kier alpha value is -1.93. The SMILES string of the molecule is Cc1cc(C)n(CC(=O)N2CCN(C3(C(=O)O)CCOC3)CC2)n1. The second-order valence-electron chi connectivity index (χ2n) is 6.59. The van der Waals surface area contributed by atoms with Crippen LogP contribution in [0.2, 0.25) is 0 Å². The van der Waals surface area contributed by atoms with E-state index in [4.69, 9.17) is 4.74 Å². The van der Waals surface area contributed by atoms with Crippen LogP contribution in [0.3, 0.4) is 0 Å². The highest BCUT2D eigenvalue weighted by Crippen LogP contribution is 2.28. The molecule has 0 saturated carbocycles. The van der Waals surface area contributed by atoms with Gasteiger partial charge in [-0.2, -0.15) is 5.10 Å². The number of piperazine rings is 1. The normalized spacial score (nSPS) is 25.2. The lowest BCUT2D eigenvalue weighted by molar-refractivity contribution is -0.154. The number of carboxylic acid groups (broad SMARTS) is 1. The van der Waals surface area contributed by atoms with Crippen LogP contribution < -0.4 is 0 Å². The topological polar surface area (TPSA) is 87.9 Å². The number of aryl methyl sites for hydroxylation is 2. The average Bonchev–Trinajstić information content (AvgIpc) is 3.15. The third-order valence-corrected chi connectivity index (χ3v) is 5.03. The van der Waals surface area contributed by atoms with Crippen molar-refractivity contribution in [3.8, 4) is 0 Å². The van der Waals surface area contributed by atoms with Gasteiger partial charge in [0.15, 0.2) is 0 Å². The summed E-state index contributed by atoms with van der Waals surface area (Å²) in [7, 11) is 0. The van der Waals surface area contributed by atoms with Crippen LogP contribution in [0.1, 0.15) is 17.8 Å². The fraction of sp³-hybridized carbons (Fsp3) is 0.688. The van der Waals surface area contributed by atoms with Crippen LogP contribution in [0.4, 0.5) is 0 Å². The minimum atomic E-state index is -0.926. The molecule has 0 spiro atoms. The molecule has 1 aromatic rings. The Kier molecular flexibility index (Phi) is 4.60. The molecule has 1 unspecified atom stereocenters. The van der Waals surface area contributed by atoms with Crippen molar-refractivity contribution in [2.45, 2.75) is 32.4 Å². The molecule has 132 valence electrons. The molecule has 3 rings (SSSR count). The minimum absolute atomic E-state index is 0.0212. The molecule has 1 aromatic heterocycles. The van der Waals surface area contributed by atoms with Gasteiger partial charge in [-0.3, -0.25) is 19.2 Å². The Morgan fingerprint density at radius 2 is 2.00 bits per heavy atom. The van der Waals surface area contributed by atoms with Gasteiger partial charge in [0.1, 0.15) is 12.1 Å². The quantitative estimate of drug-likeness (QED) is 0.825. The fourth-order valence-electron chi connectivity index (χ4n) is 3.55. The van der Waals surface area contributed by atoms with E-state index >= 15 is 0 Å². The number of rotatable bonds is 4. The molecule has 2 fully saturated rings. The van der Waals surface area contributed by atoms with Gasteiger partial charge in [0.25, 0.3) is 0 Å². The predicted octanol–water partition coefficient (Wildman–Crippen LogP) is -0.112. The maximum Gasteiger partial charge on any atom is 0.326 e. The molecular formula is C16H24N4O4. The summed E-state index contributed by atoms with van der Waals surface area (Å²) in [6.07, 6.45) is 0.502. The highest BCUT2D eigenvalue weighted by Gasteiger charge is 2.48. The largest absolute Gasteiger partial charge is 0.480 e. The summed E-state index contributed by atoms with van der Waals surface area (Å²) in [5.74, 6) is -0.810. The molecule has 0 radical (unpaired) electrons. The standard InChI is InChI=1S/C16H24N4O4/c1-12-9-13(2)20(17-12)10-14(21)18-4-6-19(7-5-18)16(15(22)23)3-8-24-11-16/h9H,3-8,10-11H2,1-2H3,(H,22,23). The molecule has 3 heterocycles. The monoisotopic (exact) mass is 336 g/mol. The molecule has 0 aliphatic carbocycles. The number of carbonyl (C=O) groups excluding carboxylic acids is 1. The third kappa shape index (κ3) is 3.03. The zero-order valence-electron chi connectivity index (χ0n) is 14.2. The Bertz CT molecular complexity index is 628. The van der Waals surface area contributed by atoms with E-state index in [1.807, 2.05) is 24.8 Å². The van der Waals surface area contributed by atoms with E-state index in [1.54, 1.807) is 9.58 Å². The summed E-state index contributed by atoms with van der Waals surface area (Å²) >= 11 is 0. The maximum atomic E-state index is 12.5. The summed E-state index contributed by atoms with van der Waals surface area (Å²) in [6, 6.07) is 1.95. The number of aromatic nitrogens is 2. The first-order chi connectivity index (χ1) is 11.4. The number of carboxylic acids is 1. The van der Waals surface area contributed by atoms with Gasteiger partial charge in [0.05, 0.1) is 12.3 Å². The number of nitrogens with zero attached hydrogens (tertiary/aromatic N) is 4. The molecule has 2 saturated heterocycles. The van der Waals surface area contributed by atoms with Crippen molar-refractivity contribution in [3.63, 3.8) is 0 Å². The van der Waals surface area contributed by atoms with Gasteiger partial charge in [-0.25, -0.2) is 0 Å². The van der Waals surface area contributed by atoms with Crippen molar-refractivity contribution in [1.82, 2.24) is 19.6 Å². The van der Waals surface area contributed by atoms with Crippen molar-refractivity contribution >= 4 is 11.9 Å². The van der Waals surface area contributed by atoms with Crippen LogP contribution in [0.5, 0.6) is 0 Å². The van der Waals surface area contributed by atoms with Crippen LogP contribution in [0, 0.1) is 13.8 Å². The van der Waals surface area contributed by atoms with Crippen LogP contribution in [-0.4, -0.2) is 81.5 Å². The molecule has 2 aliphatic rings. The Morgan fingerprint density at radius 1 is 1.29 bits per heavy atom. The number of carbonyl (C=O) groups is 2. The van der Waals surface area contributed by atoms with Gasteiger partial charge < -0.3 is 14.7 Å². The van der Waals surface area contributed by atoms with Crippen LogP contribution in [0.25, 0.3) is 0 Å². The molecule has 8 heteroatoms. The Balaban J connectivity index is 1.59. The number of hydrogen-bond acceptors (Lipinski definition) is 5. The second-order valence-corrected chi connectivity index (χ2v) is 6.59. The van der Waals surface area contributed by atoms with Crippen molar-refractivity contribution in [3.05, 3.63) is 17.5 Å². The molecule has 1 N–H and O–H groups in total. The number of aliphatic carboxylic acids is 1. The van der Waals surface area contributed by atoms with Crippen molar-refractivity contribution in [2.75, 3.05) is 39.4 Å². The average molecular weight is 336 g/mol. The van der Waals surface area contributed by atoms with Crippen LogP contribution >= 0.6 is 0 Å². The van der Waals surface area contributed by atoms with E-state index in [0.717, 1.165) is 11.4 Å². The maximum absolute atomic E-state index is 12.5. The van der Waals surface area contributed by atoms with Gasteiger partial charge >= 0.3 is 5.97 Å². The molecular weight excluding hydrogens is 312 g/mol. The first-order valence-electron chi connectivity index (χ1n) is 8.27. The Labute approximate surface area is 141 Å². The van der Waals surface area contributed by atoms with E-state index in [-0.39, 0.29) is 19.1 Å². The lowest BCUT2D eigenvalue weighted by Gasteiger charge is -2.42. The highest BCUT2D eigenvalue weighted by atomic mass is 16.5. The molecule has 8 nitrogen and oxygen atoms in total. The van der Waals surface area contributed by atoms with Crippen LogP contribution in [-0.2, 0) is 20.9 Å². The molecule has 0 aromatic carbocycles. The molecule has 2 aliphatic heterocycles. The van der Waals surface area contributed by atoms with Gasteiger partial charge in [-0.15, -0.1) is 0 Å². The number of amides is 1. The van der Waals surface area contributed by atoms with Gasteiger partial charge in [-0.1, -0.05) is 0 Å². The molecule has 1 atom stereocenters. The summed E-state index contributed by atoms with van der Waals surface area (Å²) < 4.78 is 7.04. The van der Waals surface area contributed by atoms with E-state index in [1.165, 1.54) is 0 Å². The van der Waals surface area contributed by atoms with Crippen molar-refractivity contribution in [2.24, 2.45) is 0 Å². The Morgan fingerprint density at radius 3 is 2.50 bits per heavy atom. The fourth-order valence-corrected chi connectivity index (χ4v) is 3.55.